The standard InChI is InChI=1S/C12H26N2O3/c1-12-11-13-3-4-14(12)5-6-16-9-10-17-8-7-15-2/h12-13H,3-11H2,1-2H3/t12-/m1/s1. The first kappa shape index (κ1) is 14.9. The summed E-state index contributed by atoms with van der Waals surface area (Å²) >= 11 is 0. The van der Waals surface area contributed by atoms with E-state index < -0.39 is 0 Å². The normalized spacial score (nSPS) is 21.9. The third-order valence-electron chi connectivity index (χ3n) is 2.97. The van der Waals surface area contributed by atoms with Crippen molar-refractivity contribution in [3.8, 4) is 0 Å². The molecular formula is C12H26N2O3. The Labute approximate surface area is 104 Å². The number of hydrogen-bond donors (Lipinski definition) is 1. The Kier molecular flexibility index (Phi) is 8.56. The van der Waals surface area contributed by atoms with E-state index in [1.165, 1.54) is 0 Å². The smallest absolute Gasteiger partial charge is 0.0701 e. The zero-order valence-corrected chi connectivity index (χ0v) is 11.1. The summed E-state index contributed by atoms with van der Waals surface area (Å²) in [6, 6.07) is 0.616. The highest BCUT2D eigenvalue weighted by Gasteiger charge is 2.16. The first-order chi connectivity index (χ1) is 8.34. The van der Waals surface area contributed by atoms with Crippen LogP contribution in [0.1, 0.15) is 6.92 Å². The van der Waals surface area contributed by atoms with Crippen LogP contribution in [0.15, 0.2) is 0 Å². The van der Waals surface area contributed by atoms with Crippen LogP contribution in [-0.4, -0.2) is 77.3 Å². The number of methoxy groups -OCH3 is 1. The molecule has 1 rings (SSSR count). The van der Waals surface area contributed by atoms with Gasteiger partial charge in [-0.1, -0.05) is 0 Å². The van der Waals surface area contributed by atoms with Crippen LogP contribution >= 0.6 is 0 Å². The number of rotatable bonds is 9. The van der Waals surface area contributed by atoms with E-state index in [1.54, 1.807) is 7.11 Å². The van der Waals surface area contributed by atoms with E-state index >= 15 is 0 Å². The Morgan fingerprint density at radius 3 is 2.53 bits per heavy atom. The molecule has 1 fully saturated rings. The average molecular weight is 246 g/mol. The number of nitrogens with zero attached hydrogens (tertiary/aromatic N) is 1. The van der Waals surface area contributed by atoms with Gasteiger partial charge in [-0.2, -0.15) is 0 Å². The lowest BCUT2D eigenvalue weighted by Gasteiger charge is -2.33. The molecule has 0 saturated carbocycles. The van der Waals surface area contributed by atoms with Gasteiger partial charge in [-0.3, -0.25) is 4.90 Å². The predicted molar refractivity (Wildman–Crippen MR) is 67.4 cm³/mol. The second-order valence-electron chi connectivity index (χ2n) is 4.31. The summed E-state index contributed by atoms with van der Waals surface area (Å²) in [5.74, 6) is 0. The maximum atomic E-state index is 5.54. The van der Waals surface area contributed by atoms with Gasteiger partial charge in [-0.25, -0.2) is 0 Å². The Morgan fingerprint density at radius 1 is 1.12 bits per heavy atom. The molecule has 0 unspecified atom stereocenters. The van der Waals surface area contributed by atoms with E-state index in [4.69, 9.17) is 14.2 Å². The predicted octanol–water partition coefficient (Wildman–Crippen LogP) is -0.0403. The molecule has 1 atom stereocenters. The quantitative estimate of drug-likeness (QED) is 0.578. The van der Waals surface area contributed by atoms with Crippen molar-refractivity contribution in [3.05, 3.63) is 0 Å². The molecule has 1 aliphatic heterocycles. The molecule has 1 heterocycles. The van der Waals surface area contributed by atoms with Crippen LogP contribution in [0.25, 0.3) is 0 Å². The fourth-order valence-corrected chi connectivity index (χ4v) is 1.86. The molecule has 5 nitrogen and oxygen atoms in total. The molecule has 1 N–H and O–H groups in total. The van der Waals surface area contributed by atoms with Crippen molar-refractivity contribution in [2.24, 2.45) is 0 Å². The minimum atomic E-state index is 0.616. The van der Waals surface area contributed by atoms with E-state index in [9.17, 15) is 0 Å². The maximum Gasteiger partial charge on any atom is 0.0701 e. The van der Waals surface area contributed by atoms with Crippen molar-refractivity contribution in [2.45, 2.75) is 13.0 Å². The second kappa shape index (κ2) is 9.79. The molecule has 0 aromatic heterocycles. The molecule has 0 aliphatic carbocycles. The molecule has 102 valence electrons. The summed E-state index contributed by atoms with van der Waals surface area (Å²) in [7, 11) is 1.68. The average Bonchev–Trinajstić information content (AvgIpc) is 2.35. The van der Waals surface area contributed by atoms with Crippen LogP contribution in [0.4, 0.5) is 0 Å². The Balaban J connectivity index is 1.86. The second-order valence-corrected chi connectivity index (χ2v) is 4.31. The minimum Gasteiger partial charge on any atom is -0.382 e. The molecule has 1 saturated heterocycles. The van der Waals surface area contributed by atoms with Crippen LogP contribution in [-0.2, 0) is 14.2 Å². The van der Waals surface area contributed by atoms with E-state index in [1.807, 2.05) is 0 Å². The van der Waals surface area contributed by atoms with E-state index in [-0.39, 0.29) is 0 Å². The fourth-order valence-electron chi connectivity index (χ4n) is 1.86. The largest absolute Gasteiger partial charge is 0.382 e. The van der Waals surface area contributed by atoms with Crippen LogP contribution in [0, 0.1) is 0 Å². The zero-order valence-electron chi connectivity index (χ0n) is 11.1. The number of ether oxygens (including phenoxy) is 3. The van der Waals surface area contributed by atoms with Crippen LogP contribution < -0.4 is 5.32 Å². The van der Waals surface area contributed by atoms with Crippen molar-refractivity contribution in [1.29, 1.82) is 0 Å². The zero-order chi connectivity index (χ0) is 12.3. The maximum absolute atomic E-state index is 5.54. The van der Waals surface area contributed by atoms with Crippen LogP contribution in [0.3, 0.4) is 0 Å². The Morgan fingerprint density at radius 2 is 1.82 bits per heavy atom. The molecule has 0 amide bonds. The molecule has 0 bridgehead atoms. The first-order valence-electron chi connectivity index (χ1n) is 6.43. The summed E-state index contributed by atoms with van der Waals surface area (Å²) in [6.45, 7) is 9.97. The van der Waals surface area contributed by atoms with Gasteiger partial charge < -0.3 is 19.5 Å². The summed E-state index contributed by atoms with van der Waals surface area (Å²) in [5, 5.41) is 3.38. The lowest BCUT2D eigenvalue weighted by Crippen LogP contribution is -2.50. The molecule has 0 aromatic carbocycles. The lowest BCUT2D eigenvalue weighted by atomic mass is 10.2. The minimum absolute atomic E-state index is 0.616. The van der Waals surface area contributed by atoms with Crippen molar-refractivity contribution < 1.29 is 14.2 Å². The molecule has 17 heavy (non-hydrogen) atoms. The van der Waals surface area contributed by atoms with E-state index in [2.05, 4.69) is 17.1 Å². The van der Waals surface area contributed by atoms with Gasteiger partial charge in [0, 0.05) is 39.3 Å². The summed E-state index contributed by atoms with van der Waals surface area (Å²) in [6.07, 6.45) is 0. The SMILES string of the molecule is COCCOCCOCCN1CCNC[C@H]1C. The Bertz CT molecular complexity index is 181. The van der Waals surface area contributed by atoms with Gasteiger partial charge in [0.15, 0.2) is 0 Å². The van der Waals surface area contributed by atoms with Gasteiger partial charge in [-0.05, 0) is 6.92 Å². The molecular weight excluding hydrogens is 220 g/mol. The van der Waals surface area contributed by atoms with Gasteiger partial charge >= 0.3 is 0 Å². The molecule has 0 aromatic rings. The third-order valence-corrected chi connectivity index (χ3v) is 2.97. The van der Waals surface area contributed by atoms with Crippen LogP contribution in [0.5, 0.6) is 0 Å². The highest BCUT2D eigenvalue weighted by Crippen LogP contribution is 2.01. The summed E-state index contributed by atoms with van der Waals surface area (Å²) < 4.78 is 15.7. The van der Waals surface area contributed by atoms with E-state index in [0.29, 0.717) is 32.5 Å². The monoisotopic (exact) mass is 246 g/mol. The van der Waals surface area contributed by atoms with E-state index in [0.717, 1.165) is 32.8 Å². The highest BCUT2D eigenvalue weighted by molar-refractivity contribution is 4.75. The third kappa shape index (κ3) is 6.95. The van der Waals surface area contributed by atoms with Gasteiger partial charge in [0.05, 0.1) is 33.0 Å². The van der Waals surface area contributed by atoms with Crippen molar-refractivity contribution in [1.82, 2.24) is 10.2 Å². The molecule has 1 aliphatic rings. The first-order valence-corrected chi connectivity index (χ1v) is 6.43. The highest BCUT2D eigenvalue weighted by atomic mass is 16.5. The van der Waals surface area contributed by atoms with Gasteiger partial charge in [0.1, 0.15) is 0 Å². The topological polar surface area (TPSA) is 43.0 Å². The van der Waals surface area contributed by atoms with Crippen molar-refractivity contribution in [2.75, 3.05) is 66.3 Å². The number of hydrogen-bond acceptors (Lipinski definition) is 5. The van der Waals surface area contributed by atoms with Crippen molar-refractivity contribution >= 4 is 0 Å². The van der Waals surface area contributed by atoms with Crippen molar-refractivity contribution in [3.63, 3.8) is 0 Å². The molecule has 0 spiro atoms. The fraction of sp³-hybridized carbons (Fsp3) is 1.00. The van der Waals surface area contributed by atoms with Crippen LogP contribution in [0.2, 0.25) is 0 Å². The number of nitrogens with one attached hydrogen (secondary N) is 1. The summed E-state index contributed by atoms with van der Waals surface area (Å²) in [5.41, 5.74) is 0. The molecule has 0 radical (unpaired) electrons. The lowest BCUT2D eigenvalue weighted by molar-refractivity contribution is 0.0156. The van der Waals surface area contributed by atoms with Gasteiger partial charge in [0.25, 0.3) is 0 Å². The number of piperazine rings is 1. The molecule has 5 heteroatoms. The Hall–Kier alpha value is -0.200. The summed E-state index contributed by atoms with van der Waals surface area (Å²) in [4.78, 5) is 2.46. The van der Waals surface area contributed by atoms with Gasteiger partial charge in [0.2, 0.25) is 0 Å². The van der Waals surface area contributed by atoms with Gasteiger partial charge in [-0.15, -0.1) is 0 Å².